The number of carbonyl (C=O) groups is 1. The molecule has 0 atom stereocenters. The zero-order chi connectivity index (χ0) is 17.0. The van der Waals surface area contributed by atoms with Gasteiger partial charge in [-0.3, -0.25) is 0 Å². The Kier molecular flexibility index (Phi) is 5.74. The third kappa shape index (κ3) is 5.28. The van der Waals surface area contributed by atoms with Crippen molar-refractivity contribution in [2.24, 2.45) is 0 Å². The Hall–Kier alpha value is -1.48. The van der Waals surface area contributed by atoms with Crippen LogP contribution >= 0.6 is 34.2 Å². The number of benzene rings is 2. The number of halogens is 5. The first-order valence-electron chi connectivity index (χ1n) is 6.42. The SMILES string of the molecule is O=C(NCc1cccc(I)c1)Nc1cc(C(F)(F)F)ccc1Cl. The van der Waals surface area contributed by atoms with Crippen LogP contribution in [0.1, 0.15) is 11.1 Å². The van der Waals surface area contributed by atoms with Crippen molar-refractivity contribution in [1.29, 1.82) is 0 Å². The minimum Gasteiger partial charge on any atom is -0.334 e. The lowest BCUT2D eigenvalue weighted by molar-refractivity contribution is -0.137. The van der Waals surface area contributed by atoms with Crippen molar-refractivity contribution in [3.05, 3.63) is 62.2 Å². The number of alkyl halides is 3. The van der Waals surface area contributed by atoms with E-state index in [0.29, 0.717) is 0 Å². The minimum absolute atomic E-state index is 0.0300. The van der Waals surface area contributed by atoms with E-state index in [1.54, 1.807) is 0 Å². The van der Waals surface area contributed by atoms with Gasteiger partial charge in [-0.25, -0.2) is 4.79 Å². The summed E-state index contributed by atoms with van der Waals surface area (Å²) in [7, 11) is 0. The summed E-state index contributed by atoms with van der Waals surface area (Å²) in [5.74, 6) is 0. The van der Waals surface area contributed by atoms with Gasteiger partial charge in [0.2, 0.25) is 0 Å². The van der Waals surface area contributed by atoms with Gasteiger partial charge >= 0.3 is 12.2 Å². The first-order valence-corrected chi connectivity index (χ1v) is 7.87. The topological polar surface area (TPSA) is 41.1 Å². The Balaban J connectivity index is 2.02. The lowest BCUT2D eigenvalue weighted by Gasteiger charge is -2.12. The molecule has 2 rings (SSSR count). The fourth-order valence-corrected chi connectivity index (χ4v) is 2.57. The first-order chi connectivity index (χ1) is 10.8. The van der Waals surface area contributed by atoms with E-state index in [-0.39, 0.29) is 17.3 Å². The van der Waals surface area contributed by atoms with Crippen molar-refractivity contribution in [2.75, 3.05) is 5.32 Å². The van der Waals surface area contributed by atoms with Crippen LogP contribution < -0.4 is 10.6 Å². The molecule has 0 aliphatic carbocycles. The summed E-state index contributed by atoms with van der Waals surface area (Å²) in [6, 6.07) is 9.60. The fourth-order valence-electron chi connectivity index (χ4n) is 1.79. The highest BCUT2D eigenvalue weighted by Gasteiger charge is 2.31. The van der Waals surface area contributed by atoms with Crippen molar-refractivity contribution in [1.82, 2.24) is 5.32 Å². The first kappa shape index (κ1) is 17.9. The molecular formula is C15H11ClF3IN2O. The molecule has 122 valence electrons. The Labute approximate surface area is 149 Å². The number of carbonyl (C=O) groups excluding carboxylic acids is 1. The number of nitrogens with one attached hydrogen (secondary N) is 2. The Bertz CT molecular complexity index is 722. The maximum Gasteiger partial charge on any atom is 0.416 e. The molecule has 0 radical (unpaired) electrons. The van der Waals surface area contributed by atoms with Crippen molar-refractivity contribution in [3.8, 4) is 0 Å². The van der Waals surface area contributed by atoms with Gasteiger partial charge in [0.1, 0.15) is 0 Å². The highest BCUT2D eigenvalue weighted by Crippen LogP contribution is 2.33. The predicted molar refractivity (Wildman–Crippen MR) is 91.5 cm³/mol. The minimum atomic E-state index is -4.50. The monoisotopic (exact) mass is 454 g/mol. The molecule has 0 fully saturated rings. The molecule has 0 aromatic heterocycles. The van der Waals surface area contributed by atoms with E-state index in [2.05, 4.69) is 33.2 Å². The molecule has 0 spiro atoms. The zero-order valence-electron chi connectivity index (χ0n) is 11.5. The summed E-state index contributed by atoms with van der Waals surface area (Å²) in [6.07, 6.45) is -4.50. The van der Waals surface area contributed by atoms with Crippen molar-refractivity contribution >= 4 is 45.9 Å². The highest BCUT2D eigenvalue weighted by atomic mass is 127. The van der Waals surface area contributed by atoms with Crippen LogP contribution in [-0.2, 0) is 12.7 Å². The third-order valence-electron chi connectivity index (χ3n) is 2.88. The molecule has 0 aliphatic rings. The van der Waals surface area contributed by atoms with E-state index < -0.39 is 17.8 Å². The van der Waals surface area contributed by atoms with Gasteiger partial charge in [-0.1, -0.05) is 23.7 Å². The van der Waals surface area contributed by atoms with Gasteiger partial charge in [-0.15, -0.1) is 0 Å². The molecule has 8 heteroatoms. The molecule has 2 amide bonds. The maximum atomic E-state index is 12.7. The van der Waals surface area contributed by atoms with Crippen molar-refractivity contribution < 1.29 is 18.0 Å². The smallest absolute Gasteiger partial charge is 0.334 e. The summed E-state index contributed by atoms with van der Waals surface area (Å²) in [6.45, 7) is 0.249. The predicted octanol–water partition coefficient (Wildman–Crippen LogP) is 5.29. The Morgan fingerprint density at radius 2 is 1.91 bits per heavy atom. The molecule has 23 heavy (non-hydrogen) atoms. The molecule has 3 nitrogen and oxygen atoms in total. The van der Waals surface area contributed by atoms with E-state index in [1.807, 2.05) is 24.3 Å². The lowest BCUT2D eigenvalue weighted by Crippen LogP contribution is -2.28. The van der Waals surface area contributed by atoms with Crippen LogP contribution in [-0.4, -0.2) is 6.03 Å². The van der Waals surface area contributed by atoms with Crippen LogP contribution in [0.25, 0.3) is 0 Å². The second kappa shape index (κ2) is 7.39. The van der Waals surface area contributed by atoms with E-state index in [0.717, 1.165) is 27.3 Å². The highest BCUT2D eigenvalue weighted by molar-refractivity contribution is 14.1. The molecule has 0 aliphatic heterocycles. The van der Waals surface area contributed by atoms with E-state index in [4.69, 9.17) is 11.6 Å². The Morgan fingerprint density at radius 3 is 2.57 bits per heavy atom. The fraction of sp³-hybridized carbons (Fsp3) is 0.133. The summed E-state index contributed by atoms with van der Waals surface area (Å²) in [5.41, 5.74) is -0.0985. The van der Waals surface area contributed by atoms with Crippen LogP contribution in [0.2, 0.25) is 5.02 Å². The van der Waals surface area contributed by atoms with Gasteiger partial charge in [-0.2, -0.15) is 13.2 Å². The Morgan fingerprint density at radius 1 is 1.17 bits per heavy atom. The molecular weight excluding hydrogens is 444 g/mol. The number of urea groups is 1. The van der Waals surface area contributed by atoms with Crippen LogP contribution in [0.5, 0.6) is 0 Å². The molecule has 2 aromatic carbocycles. The third-order valence-corrected chi connectivity index (χ3v) is 3.88. The van der Waals surface area contributed by atoms with Gasteiger partial charge in [-0.05, 0) is 58.5 Å². The molecule has 2 aromatic rings. The van der Waals surface area contributed by atoms with Crippen LogP contribution in [0.4, 0.5) is 23.7 Å². The number of amides is 2. The standard InChI is InChI=1S/C15H11ClF3IN2O/c16-12-5-4-10(15(17,18)19)7-13(12)22-14(23)21-8-9-2-1-3-11(20)6-9/h1-7H,8H2,(H2,21,22,23). The summed E-state index contributed by atoms with van der Waals surface area (Å²) in [4.78, 5) is 11.8. The average Bonchev–Trinajstić information content (AvgIpc) is 2.46. The van der Waals surface area contributed by atoms with Crippen molar-refractivity contribution in [3.63, 3.8) is 0 Å². The molecule has 0 heterocycles. The number of hydrogen-bond acceptors (Lipinski definition) is 1. The average molecular weight is 455 g/mol. The quantitative estimate of drug-likeness (QED) is 0.609. The van der Waals surface area contributed by atoms with Crippen molar-refractivity contribution in [2.45, 2.75) is 12.7 Å². The van der Waals surface area contributed by atoms with E-state index in [9.17, 15) is 18.0 Å². The van der Waals surface area contributed by atoms with Crippen LogP contribution in [0.15, 0.2) is 42.5 Å². The van der Waals surface area contributed by atoms with Gasteiger partial charge in [0.15, 0.2) is 0 Å². The molecule has 0 unspecified atom stereocenters. The summed E-state index contributed by atoms with van der Waals surface area (Å²) in [5, 5.41) is 4.92. The molecule has 0 saturated carbocycles. The van der Waals surface area contributed by atoms with Gasteiger partial charge in [0.05, 0.1) is 16.3 Å². The number of hydrogen-bond donors (Lipinski definition) is 2. The lowest BCUT2D eigenvalue weighted by atomic mass is 10.2. The number of anilines is 1. The van der Waals surface area contributed by atoms with Crippen LogP contribution in [0, 0.1) is 3.57 Å². The summed E-state index contributed by atoms with van der Waals surface area (Å²) < 4.78 is 39.0. The van der Waals surface area contributed by atoms with Gasteiger partial charge in [0, 0.05) is 10.1 Å². The zero-order valence-corrected chi connectivity index (χ0v) is 14.5. The molecule has 2 N–H and O–H groups in total. The largest absolute Gasteiger partial charge is 0.416 e. The molecule has 0 saturated heterocycles. The number of rotatable bonds is 3. The second-order valence-electron chi connectivity index (χ2n) is 4.63. The molecule has 0 bridgehead atoms. The second-order valence-corrected chi connectivity index (χ2v) is 6.28. The van der Waals surface area contributed by atoms with Crippen LogP contribution in [0.3, 0.4) is 0 Å². The maximum absolute atomic E-state index is 12.7. The van der Waals surface area contributed by atoms with E-state index >= 15 is 0 Å². The summed E-state index contributed by atoms with van der Waals surface area (Å²) >= 11 is 7.96. The normalized spacial score (nSPS) is 11.2. The van der Waals surface area contributed by atoms with Gasteiger partial charge < -0.3 is 10.6 Å². The van der Waals surface area contributed by atoms with E-state index in [1.165, 1.54) is 0 Å². The van der Waals surface area contributed by atoms with Gasteiger partial charge in [0.25, 0.3) is 0 Å².